The Morgan fingerprint density at radius 2 is 1.70 bits per heavy atom. The lowest BCUT2D eigenvalue weighted by atomic mass is 9.90. The third kappa shape index (κ3) is 3.46. The number of carbonyl (C=O) groups excluding carboxylic acids is 1. The van der Waals surface area contributed by atoms with Crippen molar-refractivity contribution in [2.24, 2.45) is 0 Å². The van der Waals surface area contributed by atoms with Crippen molar-refractivity contribution in [3.63, 3.8) is 0 Å². The van der Waals surface area contributed by atoms with Crippen LogP contribution < -0.4 is 24.7 Å². The second kappa shape index (κ2) is 8.35. The lowest BCUT2D eigenvalue weighted by Crippen LogP contribution is -2.33. The van der Waals surface area contributed by atoms with E-state index < -0.39 is 5.97 Å². The van der Waals surface area contributed by atoms with Gasteiger partial charge in [-0.15, -0.1) is 0 Å². The average molecular weight is 451 g/mol. The Hall–Kier alpha value is -3.68. The summed E-state index contributed by atoms with van der Waals surface area (Å²) in [4.78, 5) is 27.2. The molecule has 0 spiro atoms. The summed E-state index contributed by atoms with van der Waals surface area (Å²) in [6.45, 7) is 0.584. The van der Waals surface area contributed by atoms with E-state index in [1.54, 1.807) is 12.1 Å². The van der Waals surface area contributed by atoms with Crippen molar-refractivity contribution >= 4 is 22.6 Å². The summed E-state index contributed by atoms with van der Waals surface area (Å²) in [6, 6.07) is 7.23. The molecule has 0 saturated heterocycles. The molecule has 8 heteroatoms. The molecular weight excluding hydrogens is 426 g/mol. The molecule has 1 aromatic heterocycles. The molecule has 0 atom stereocenters. The van der Waals surface area contributed by atoms with Crippen LogP contribution in [0.25, 0.3) is 11.0 Å². The van der Waals surface area contributed by atoms with E-state index in [9.17, 15) is 9.59 Å². The smallest absolute Gasteiger partial charge is 0.340 e. The van der Waals surface area contributed by atoms with E-state index in [4.69, 9.17) is 23.4 Å². The number of aryl methyl sites for hydroxylation is 1. The van der Waals surface area contributed by atoms with Crippen molar-refractivity contribution in [1.29, 1.82) is 0 Å². The number of nitrogens with zero attached hydrogens (tertiary/aromatic N) is 1. The fourth-order valence-electron chi connectivity index (χ4n) is 4.77. The Morgan fingerprint density at radius 3 is 2.42 bits per heavy atom. The molecule has 5 rings (SSSR count). The van der Waals surface area contributed by atoms with Gasteiger partial charge in [-0.25, -0.2) is 9.59 Å². The van der Waals surface area contributed by atoms with E-state index in [-0.39, 0.29) is 12.4 Å². The minimum Gasteiger partial charge on any atom is -0.493 e. The highest BCUT2D eigenvalue weighted by Gasteiger charge is 2.28. The number of methoxy groups -OCH3 is 3. The van der Waals surface area contributed by atoms with Gasteiger partial charge in [0.25, 0.3) is 0 Å². The molecule has 0 bridgehead atoms. The molecule has 2 heterocycles. The molecule has 2 aliphatic rings. The van der Waals surface area contributed by atoms with Crippen molar-refractivity contribution < 1.29 is 28.2 Å². The Bertz CT molecular complexity index is 1310. The second-order valence-corrected chi connectivity index (χ2v) is 8.16. The summed E-state index contributed by atoms with van der Waals surface area (Å²) in [7, 11) is 4.37. The molecule has 0 radical (unpaired) electrons. The first-order chi connectivity index (χ1) is 16.0. The van der Waals surface area contributed by atoms with Gasteiger partial charge in [-0.3, -0.25) is 0 Å². The van der Waals surface area contributed by atoms with Crippen LogP contribution in [0.4, 0.5) is 5.69 Å². The number of rotatable bonds is 4. The van der Waals surface area contributed by atoms with Crippen molar-refractivity contribution in [1.82, 2.24) is 0 Å². The molecule has 0 N–H and O–H groups in total. The predicted molar refractivity (Wildman–Crippen MR) is 122 cm³/mol. The highest BCUT2D eigenvalue weighted by atomic mass is 16.5. The van der Waals surface area contributed by atoms with Gasteiger partial charge in [-0.1, -0.05) is 0 Å². The number of carbonyl (C=O) groups is 1. The Morgan fingerprint density at radius 1 is 0.970 bits per heavy atom. The minimum absolute atomic E-state index is 0.202. The highest BCUT2D eigenvalue weighted by molar-refractivity contribution is 5.97. The van der Waals surface area contributed by atoms with Gasteiger partial charge in [0.2, 0.25) is 0 Å². The first-order valence-electron chi connectivity index (χ1n) is 10.9. The molecular formula is C25H25NO7. The number of hydrogen-bond donors (Lipinski definition) is 0. The van der Waals surface area contributed by atoms with Crippen LogP contribution in [0.2, 0.25) is 0 Å². The SMILES string of the molecule is COC(=O)c1cc(OC)c(OC)cc1N1COc2ccc3c4c(c(=O)oc3c2C1)CCCC4. The molecule has 33 heavy (non-hydrogen) atoms. The Labute approximate surface area is 190 Å². The lowest BCUT2D eigenvalue weighted by molar-refractivity contribution is 0.0600. The normalized spacial score (nSPS) is 14.8. The second-order valence-electron chi connectivity index (χ2n) is 8.16. The summed E-state index contributed by atoms with van der Waals surface area (Å²) in [5.41, 5.74) is 3.80. The number of ether oxygens (including phenoxy) is 4. The van der Waals surface area contributed by atoms with Gasteiger partial charge in [0.05, 0.1) is 44.7 Å². The zero-order valence-corrected chi connectivity index (χ0v) is 18.9. The molecule has 0 amide bonds. The predicted octanol–water partition coefficient (Wildman–Crippen LogP) is 3.83. The molecule has 0 fully saturated rings. The number of hydrogen-bond acceptors (Lipinski definition) is 8. The standard InChI is InChI=1S/C25H25NO7/c1-29-21-10-17(24(27)31-3)19(11-22(21)30-2)26-12-18-20(32-13-26)9-8-15-14-6-4-5-7-16(14)25(28)33-23(15)18/h8-11H,4-7,12-13H2,1-3H3. The highest BCUT2D eigenvalue weighted by Crippen LogP contribution is 2.40. The first kappa shape index (κ1) is 21.2. The summed E-state index contributed by atoms with van der Waals surface area (Å²) >= 11 is 0. The van der Waals surface area contributed by atoms with Crippen LogP contribution in [0.3, 0.4) is 0 Å². The maximum atomic E-state index is 12.7. The van der Waals surface area contributed by atoms with Crippen LogP contribution in [0.15, 0.2) is 33.5 Å². The molecule has 8 nitrogen and oxygen atoms in total. The first-order valence-corrected chi connectivity index (χ1v) is 10.9. The quantitative estimate of drug-likeness (QED) is 0.437. The van der Waals surface area contributed by atoms with E-state index in [0.29, 0.717) is 40.6 Å². The fourth-order valence-corrected chi connectivity index (χ4v) is 4.77. The molecule has 0 saturated carbocycles. The van der Waals surface area contributed by atoms with Gasteiger partial charge >= 0.3 is 11.6 Å². The van der Waals surface area contributed by atoms with E-state index in [2.05, 4.69) is 0 Å². The fraction of sp³-hybridized carbons (Fsp3) is 0.360. The zero-order valence-electron chi connectivity index (χ0n) is 18.9. The summed E-state index contributed by atoms with van der Waals surface area (Å²) in [5, 5.41) is 0.953. The third-order valence-electron chi connectivity index (χ3n) is 6.42. The Balaban J connectivity index is 1.64. The van der Waals surface area contributed by atoms with Crippen molar-refractivity contribution in [2.45, 2.75) is 32.2 Å². The number of fused-ring (bicyclic) bond motifs is 5. The third-order valence-corrected chi connectivity index (χ3v) is 6.42. The maximum Gasteiger partial charge on any atom is 0.340 e. The molecule has 0 unspecified atom stereocenters. The molecule has 1 aliphatic heterocycles. The van der Waals surface area contributed by atoms with Gasteiger partial charge in [0.15, 0.2) is 18.2 Å². The average Bonchev–Trinajstić information content (AvgIpc) is 2.87. The van der Waals surface area contributed by atoms with Crippen molar-refractivity contribution in [2.75, 3.05) is 33.0 Å². The summed E-state index contributed by atoms with van der Waals surface area (Å²) < 4.78 is 27.7. The van der Waals surface area contributed by atoms with E-state index >= 15 is 0 Å². The van der Waals surface area contributed by atoms with Crippen LogP contribution in [-0.4, -0.2) is 34.0 Å². The van der Waals surface area contributed by atoms with Gasteiger partial charge in [-0.2, -0.15) is 0 Å². The molecule has 2 aromatic carbocycles. The Kier molecular flexibility index (Phi) is 5.36. The number of esters is 1. The lowest BCUT2D eigenvalue weighted by Gasteiger charge is -2.32. The van der Waals surface area contributed by atoms with E-state index in [0.717, 1.165) is 47.8 Å². The van der Waals surface area contributed by atoms with Crippen LogP contribution in [0.5, 0.6) is 17.2 Å². The van der Waals surface area contributed by atoms with Crippen LogP contribution in [0, 0.1) is 0 Å². The van der Waals surface area contributed by atoms with Gasteiger partial charge in [-0.05, 0) is 43.4 Å². The largest absolute Gasteiger partial charge is 0.493 e. The van der Waals surface area contributed by atoms with Gasteiger partial charge < -0.3 is 28.3 Å². The number of anilines is 1. The van der Waals surface area contributed by atoms with Crippen LogP contribution >= 0.6 is 0 Å². The summed E-state index contributed by atoms with van der Waals surface area (Å²) in [5.74, 6) is 1.06. The monoisotopic (exact) mass is 451 g/mol. The van der Waals surface area contributed by atoms with Gasteiger partial charge in [0, 0.05) is 23.1 Å². The van der Waals surface area contributed by atoms with Crippen LogP contribution in [-0.2, 0) is 24.1 Å². The van der Waals surface area contributed by atoms with E-state index in [1.165, 1.54) is 21.3 Å². The zero-order chi connectivity index (χ0) is 23.1. The molecule has 1 aliphatic carbocycles. The number of benzene rings is 2. The molecule has 172 valence electrons. The van der Waals surface area contributed by atoms with Crippen molar-refractivity contribution in [3.8, 4) is 17.2 Å². The van der Waals surface area contributed by atoms with Crippen LogP contribution in [0.1, 0.15) is 39.9 Å². The van der Waals surface area contributed by atoms with Gasteiger partial charge in [0.1, 0.15) is 11.3 Å². The molecule has 3 aromatic rings. The minimum atomic E-state index is -0.504. The maximum absolute atomic E-state index is 12.7. The van der Waals surface area contributed by atoms with E-state index in [1.807, 2.05) is 17.0 Å². The summed E-state index contributed by atoms with van der Waals surface area (Å²) in [6.07, 6.45) is 3.67. The topological polar surface area (TPSA) is 87.4 Å². The van der Waals surface area contributed by atoms with Crippen molar-refractivity contribution in [3.05, 3.63) is 56.9 Å².